The van der Waals surface area contributed by atoms with Crippen molar-refractivity contribution < 1.29 is 14.1 Å². The highest BCUT2D eigenvalue weighted by Gasteiger charge is 2.32. The topological polar surface area (TPSA) is 63.5 Å². The predicted molar refractivity (Wildman–Crippen MR) is 91.6 cm³/mol. The number of anilines is 1. The SMILES string of the molecule is O=C(CCc1ccccc1F)N1CCc2cc(Br)cc([N+](=O)[O-])c21. The van der Waals surface area contributed by atoms with E-state index >= 15 is 0 Å². The summed E-state index contributed by atoms with van der Waals surface area (Å²) in [5, 5.41) is 11.3. The standard InChI is InChI=1S/C17H14BrFN2O3/c18-13-9-12-7-8-20(17(12)15(10-13)21(23)24)16(22)6-5-11-3-1-2-4-14(11)19/h1-4,9-10H,5-8H2. The number of benzene rings is 2. The summed E-state index contributed by atoms with van der Waals surface area (Å²) in [5.74, 6) is -0.579. The molecular weight excluding hydrogens is 379 g/mol. The number of halogens is 2. The molecule has 0 atom stereocenters. The summed E-state index contributed by atoms with van der Waals surface area (Å²) in [6.45, 7) is 0.405. The molecule has 0 bridgehead atoms. The second-order valence-corrected chi connectivity index (χ2v) is 6.49. The Bertz CT molecular complexity index is 825. The Kier molecular flexibility index (Phi) is 4.62. The van der Waals surface area contributed by atoms with Crippen molar-refractivity contribution in [3.05, 3.63) is 67.9 Å². The van der Waals surface area contributed by atoms with Gasteiger partial charge < -0.3 is 4.90 Å². The van der Waals surface area contributed by atoms with Crippen molar-refractivity contribution in [1.82, 2.24) is 0 Å². The smallest absolute Gasteiger partial charge is 0.294 e. The van der Waals surface area contributed by atoms with E-state index in [1.165, 1.54) is 17.0 Å². The van der Waals surface area contributed by atoms with Crippen molar-refractivity contribution in [1.29, 1.82) is 0 Å². The zero-order valence-corrected chi connectivity index (χ0v) is 14.3. The van der Waals surface area contributed by atoms with E-state index in [9.17, 15) is 19.3 Å². The highest BCUT2D eigenvalue weighted by Crippen LogP contribution is 2.39. The van der Waals surface area contributed by atoms with Crippen LogP contribution in [0.5, 0.6) is 0 Å². The Morgan fingerprint density at radius 2 is 2.08 bits per heavy atom. The van der Waals surface area contributed by atoms with Crippen LogP contribution in [0.3, 0.4) is 0 Å². The lowest BCUT2D eigenvalue weighted by Crippen LogP contribution is -2.29. The lowest BCUT2D eigenvalue weighted by Gasteiger charge is -2.17. The van der Waals surface area contributed by atoms with Gasteiger partial charge in [0.25, 0.3) is 5.69 Å². The van der Waals surface area contributed by atoms with Crippen molar-refractivity contribution >= 4 is 33.2 Å². The van der Waals surface area contributed by atoms with Crippen LogP contribution >= 0.6 is 15.9 Å². The van der Waals surface area contributed by atoms with Crippen LogP contribution in [0.1, 0.15) is 17.5 Å². The number of carbonyl (C=O) groups excluding carboxylic acids is 1. The average Bonchev–Trinajstić information content (AvgIpc) is 2.96. The van der Waals surface area contributed by atoms with E-state index in [1.807, 2.05) is 0 Å². The molecule has 7 heteroatoms. The van der Waals surface area contributed by atoms with Gasteiger partial charge in [-0.2, -0.15) is 0 Å². The number of hydrogen-bond donors (Lipinski definition) is 0. The van der Waals surface area contributed by atoms with Crippen LogP contribution < -0.4 is 4.90 Å². The molecule has 0 aromatic heterocycles. The summed E-state index contributed by atoms with van der Waals surface area (Å²) in [6, 6.07) is 9.51. The lowest BCUT2D eigenvalue weighted by atomic mass is 10.1. The van der Waals surface area contributed by atoms with Gasteiger partial charge in [-0.05, 0) is 36.1 Å². The number of nitro groups is 1. The molecular formula is C17H14BrFN2O3. The van der Waals surface area contributed by atoms with Crippen molar-refractivity contribution in [3.63, 3.8) is 0 Å². The minimum Gasteiger partial charge on any atom is -0.306 e. The predicted octanol–water partition coefficient (Wildman–Crippen LogP) is 4.02. The third kappa shape index (κ3) is 3.17. The maximum absolute atomic E-state index is 13.7. The summed E-state index contributed by atoms with van der Waals surface area (Å²) < 4.78 is 14.3. The van der Waals surface area contributed by atoms with Gasteiger partial charge in [0.05, 0.1) is 4.92 Å². The molecule has 1 heterocycles. The molecule has 2 aromatic carbocycles. The highest BCUT2D eigenvalue weighted by atomic mass is 79.9. The van der Waals surface area contributed by atoms with E-state index in [4.69, 9.17) is 0 Å². The van der Waals surface area contributed by atoms with Crippen molar-refractivity contribution in [3.8, 4) is 0 Å². The molecule has 0 fully saturated rings. The Morgan fingerprint density at radius 1 is 1.33 bits per heavy atom. The molecule has 0 N–H and O–H groups in total. The second-order valence-electron chi connectivity index (χ2n) is 5.58. The first-order chi connectivity index (χ1) is 11.5. The molecule has 1 amide bonds. The number of nitrogens with zero attached hydrogens (tertiary/aromatic N) is 2. The van der Waals surface area contributed by atoms with Crippen LogP contribution in [-0.4, -0.2) is 17.4 Å². The first-order valence-corrected chi connectivity index (χ1v) is 8.27. The second kappa shape index (κ2) is 6.68. The highest BCUT2D eigenvalue weighted by molar-refractivity contribution is 9.10. The monoisotopic (exact) mass is 392 g/mol. The maximum atomic E-state index is 13.7. The van der Waals surface area contributed by atoms with E-state index in [-0.39, 0.29) is 30.3 Å². The molecule has 0 saturated heterocycles. The number of amides is 1. The van der Waals surface area contributed by atoms with Gasteiger partial charge in [0.2, 0.25) is 5.91 Å². The van der Waals surface area contributed by atoms with Gasteiger partial charge >= 0.3 is 0 Å². The van der Waals surface area contributed by atoms with Gasteiger partial charge in [0.1, 0.15) is 11.5 Å². The van der Waals surface area contributed by atoms with Crippen LogP contribution in [0, 0.1) is 15.9 Å². The zero-order valence-electron chi connectivity index (χ0n) is 12.7. The third-order valence-corrected chi connectivity index (χ3v) is 4.53. The fourth-order valence-electron chi connectivity index (χ4n) is 2.95. The van der Waals surface area contributed by atoms with Crippen molar-refractivity contribution in [2.75, 3.05) is 11.4 Å². The third-order valence-electron chi connectivity index (χ3n) is 4.07. The van der Waals surface area contributed by atoms with Crippen molar-refractivity contribution in [2.45, 2.75) is 19.3 Å². The minimum atomic E-state index is -0.480. The van der Waals surface area contributed by atoms with Crippen molar-refractivity contribution in [2.24, 2.45) is 0 Å². The van der Waals surface area contributed by atoms with E-state index in [0.717, 1.165) is 5.56 Å². The van der Waals surface area contributed by atoms with Crippen LogP contribution in [0.2, 0.25) is 0 Å². The van der Waals surface area contributed by atoms with Gasteiger partial charge in [-0.25, -0.2) is 4.39 Å². The number of aryl methyl sites for hydroxylation is 1. The molecule has 1 aliphatic rings. The first kappa shape index (κ1) is 16.6. The Balaban J connectivity index is 1.82. The number of hydrogen-bond acceptors (Lipinski definition) is 3. The zero-order chi connectivity index (χ0) is 17.3. The average molecular weight is 393 g/mol. The molecule has 1 aliphatic heterocycles. The summed E-state index contributed by atoms with van der Waals surface area (Å²) in [6.07, 6.45) is 0.941. The molecule has 2 aromatic rings. The Morgan fingerprint density at radius 3 is 2.79 bits per heavy atom. The van der Waals surface area contributed by atoms with Gasteiger partial charge in [-0.1, -0.05) is 34.1 Å². The van der Waals surface area contributed by atoms with Gasteiger partial charge in [-0.15, -0.1) is 0 Å². The van der Waals surface area contributed by atoms with E-state index in [1.54, 1.807) is 24.3 Å². The van der Waals surface area contributed by atoms with Crippen LogP contribution in [0.25, 0.3) is 0 Å². The van der Waals surface area contributed by atoms with Crippen LogP contribution in [0.15, 0.2) is 40.9 Å². The molecule has 3 rings (SSSR count). The van der Waals surface area contributed by atoms with Gasteiger partial charge in [-0.3, -0.25) is 14.9 Å². The number of carbonyl (C=O) groups is 1. The fraction of sp³-hybridized carbons (Fsp3) is 0.235. The number of fused-ring (bicyclic) bond motifs is 1. The van der Waals surface area contributed by atoms with E-state index in [2.05, 4.69) is 15.9 Å². The molecule has 0 saturated carbocycles. The fourth-order valence-corrected chi connectivity index (χ4v) is 3.45. The van der Waals surface area contributed by atoms with Gasteiger partial charge in [0.15, 0.2) is 0 Å². The number of rotatable bonds is 4. The quantitative estimate of drug-likeness (QED) is 0.582. The Hall–Kier alpha value is -2.28. The molecule has 124 valence electrons. The molecule has 0 unspecified atom stereocenters. The normalized spacial score (nSPS) is 13.0. The molecule has 0 aliphatic carbocycles. The van der Waals surface area contributed by atoms with Gasteiger partial charge in [0, 0.05) is 23.5 Å². The largest absolute Gasteiger partial charge is 0.306 e. The molecule has 0 radical (unpaired) electrons. The molecule has 5 nitrogen and oxygen atoms in total. The van der Waals surface area contributed by atoms with E-state index < -0.39 is 4.92 Å². The van der Waals surface area contributed by atoms with Crippen LogP contribution in [0.4, 0.5) is 15.8 Å². The van der Waals surface area contributed by atoms with E-state index in [0.29, 0.717) is 28.7 Å². The van der Waals surface area contributed by atoms with Crippen LogP contribution in [-0.2, 0) is 17.6 Å². The first-order valence-electron chi connectivity index (χ1n) is 7.48. The number of nitro benzene ring substituents is 1. The summed E-state index contributed by atoms with van der Waals surface area (Å²) in [4.78, 5) is 24.8. The minimum absolute atomic E-state index is 0.0869. The molecule has 0 spiro atoms. The summed E-state index contributed by atoms with van der Waals surface area (Å²) in [7, 11) is 0. The Labute approximate surface area is 146 Å². The summed E-state index contributed by atoms with van der Waals surface area (Å²) >= 11 is 3.26. The summed E-state index contributed by atoms with van der Waals surface area (Å²) in [5.41, 5.74) is 1.52. The molecule has 24 heavy (non-hydrogen) atoms. The maximum Gasteiger partial charge on any atom is 0.294 e. The lowest BCUT2D eigenvalue weighted by molar-refractivity contribution is -0.384.